The molecule has 1 aliphatic carbocycles. The molecule has 1 saturated heterocycles. The van der Waals surface area contributed by atoms with Gasteiger partial charge in [-0.2, -0.15) is 9.07 Å². The highest BCUT2D eigenvalue weighted by Gasteiger charge is 2.35. The maximum atomic E-state index is 15.1. The van der Waals surface area contributed by atoms with E-state index in [4.69, 9.17) is 16.3 Å². The third-order valence-electron chi connectivity index (χ3n) is 6.33. The van der Waals surface area contributed by atoms with Gasteiger partial charge in [0.15, 0.2) is 5.52 Å². The van der Waals surface area contributed by atoms with E-state index in [1.54, 1.807) is 14.0 Å². The Morgan fingerprint density at radius 3 is 2.59 bits per heavy atom. The molecule has 9 nitrogen and oxygen atoms in total. The number of methoxy groups -OCH3 is 1. The number of hydrogen-bond donors (Lipinski definition) is 2. The molecule has 2 fully saturated rings. The summed E-state index contributed by atoms with van der Waals surface area (Å²) in [4.78, 5) is 31.0. The van der Waals surface area contributed by atoms with Crippen molar-refractivity contribution in [2.45, 2.75) is 51.3 Å². The molecule has 4 rings (SSSR count). The van der Waals surface area contributed by atoms with Gasteiger partial charge in [0, 0.05) is 37.8 Å². The first kappa shape index (κ1) is 19.8. The second-order valence-corrected chi connectivity index (χ2v) is 8.15. The predicted octanol–water partition coefficient (Wildman–Crippen LogP) is 0.243. The van der Waals surface area contributed by atoms with Crippen LogP contribution in [-0.2, 0) is 4.74 Å². The Morgan fingerprint density at radius 2 is 1.97 bits per heavy atom. The number of pyridine rings is 1. The van der Waals surface area contributed by atoms with Crippen LogP contribution in [0.3, 0.4) is 0 Å². The van der Waals surface area contributed by atoms with Crippen molar-refractivity contribution in [3.63, 3.8) is 0 Å². The van der Waals surface area contributed by atoms with Crippen molar-refractivity contribution < 1.29 is 9.13 Å². The lowest BCUT2D eigenvalue weighted by molar-refractivity contribution is 0.0791. The van der Waals surface area contributed by atoms with Gasteiger partial charge >= 0.3 is 11.2 Å². The highest BCUT2D eigenvalue weighted by atomic mass is 19.1. The first-order valence-corrected chi connectivity index (χ1v) is 9.92. The highest BCUT2D eigenvalue weighted by Crippen LogP contribution is 2.38. The zero-order valence-electron chi connectivity index (χ0n) is 16.9. The molecule has 3 heterocycles. The van der Waals surface area contributed by atoms with Gasteiger partial charge in [-0.25, -0.2) is 9.78 Å². The zero-order chi connectivity index (χ0) is 21.0. The summed E-state index contributed by atoms with van der Waals surface area (Å²) in [6.45, 7) is 4.82. The molecule has 2 aliphatic rings. The van der Waals surface area contributed by atoms with Gasteiger partial charge in [-0.15, -0.1) is 0 Å². The Morgan fingerprint density at radius 1 is 1.28 bits per heavy atom. The van der Waals surface area contributed by atoms with E-state index >= 15 is 4.39 Å². The normalized spacial score (nSPS) is 21.7. The number of aromatic nitrogens is 3. The number of aryl methyl sites for hydroxylation is 1. The average Bonchev–Trinajstić information content (AvgIpc) is 3.42. The molecule has 0 bridgehead atoms. The van der Waals surface area contributed by atoms with Crippen LogP contribution in [0.5, 0.6) is 0 Å². The van der Waals surface area contributed by atoms with Gasteiger partial charge in [-0.3, -0.25) is 9.36 Å². The van der Waals surface area contributed by atoms with Gasteiger partial charge in [0.2, 0.25) is 5.95 Å². The summed E-state index contributed by atoms with van der Waals surface area (Å²) in [5.74, 6) is 5.05. The molecule has 3 unspecified atom stereocenters. The largest absolute Gasteiger partial charge is 0.380 e. The van der Waals surface area contributed by atoms with Crippen LogP contribution < -0.4 is 27.7 Å². The number of rotatable bonds is 5. The predicted molar refractivity (Wildman–Crippen MR) is 108 cm³/mol. The van der Waals surface area contributed by atoms with Crippen LogP contribution in [0.4, 0.5) is 10.1 Å². The molecule has 0 amide bonds. The van der Waals surface area contributed by atoms with E-state index in [1.165, 1.54) is 4.57 Å². The van der Waals surface area contributed by atoms with E-state index in [-0.39, 0.29) is 29.6 Å². The van der Waals surface area contributed by atoms with Crippen LogP contribution in [-0.4, -0.2) is 46.6 Å². The quantitative estimate of drug-likeness (QED) is 0.539. The van der Waals surface area contributed by atoms with Gasteiger partial charge < -0.3 is 21.2 Å². The van der Waals surface area contributed by atoms with Crippen LogP contribution in [0.15, 0.2) is 9.59 Å². The number of ether oxygens (including phenoxy) is 1. The molecule has 0 spiro atoms. The van der Waals surface area contributed by atoms with Crippen molar-refractivity contribution in [3.8, 4) is 0 Å². The molecule has 1 aliphatic heterocycles. The van der Waals surface area contributed by atoms with Crippen LogP contribution >= 0.6 is 0 Å². The SMILES string of the molecule is COC(C)C(N)C1CCN(c2c(F)nc3c(=O)n(N)c(=O)n(C4CC4)c3c2C)C1. The zero-order valence-corrected chi connectivity index (χ0v) is 16.9. The third-order valence-corrected chi connectivity index (χ3v) is 6.33. The summed E-state index contributed by atoms with van der Waals surface area (Å²) < 4.78 is 22.4. The first-order chi connectivity index (χ1) is 13.8. The second kappa shape index (κ2) is 7.10. The minimum absolute atomic E-state index is 0.0403. The molecule has 158 valence electrons. The standard InChI is InChI=1S/C19H27FN6O3/c1-9-15-14(18(27)26(22)19(28)25(15)12-4-5-12)23-17(20)16(9)24-7-6-11(8-24)13(21)10(2)29-3/h10-13H,4-8,21-22H2,1-3H3. The summed E-state index contributed by atoms with van der Waals surface area (Å²) in [7, 11) is 1.62. The lowest BCUT2D eigenvalue weighted by Crippen LogP contribution is -2.45. The van der Waals surface area contributed by atoms with Crippen molar-refractivity contribution >= 4 is 16.7 Å². The number of anilines is 1. The summed E-state index contributed by atoms with van der Waals surface area (Å²) in [6, 6.07) is -0.211. The van der Waals surface area contributed by atoms with Crippen molar-refractivity contribution in [1.29, 1.82) is 0 Å². The molecule has 29 heavy (non-hydrogen) atoms. The molecular weight excluding hydrogens is 379 g/mol. The van der Waals surface area contributed by atoms with E-state index in [2.05, 4.69) is 4.98 Å². The lowest BCUT2D eigenvalue weighted by atomic mass is 9.96. The minimum atomic E-state index is -0.786. The smallest absolute Gasteiger partial charge is 0.350 e. The Kier molecular flexibility index (Phi) is 4.86. The number of nitrogens with zero attached hydrogens (tertiary/aromatic N) is 4. The summed E-state index contributed by atoms with van der Waals surface area (Å²) in [5.41, 5.74) is 6.03. The second-order valence-electron chi connectivity index (χ2n) is 8.15. The fourth-order valence-corrected chi connectivity index (χ4v) is 4.39. The number of nitrogen functional groups attached to an aromatic ring is 1. The van der Waals surface area contributed by atoms with Crippen LogP contribution in [0.25, 0.3) is 11.0 Å². The molecule has 10 heteroatoms. The van der Waals surface area contributed by atoms with Crippen molar-refractivity contribution in [2.24, 2.45) is 11.7 Å². The van der Waals surface area contributed by atoms with Gasteiger partial charge in [-0.05, 0) is 39.0 Å². The van der Waals surface area contributed by atoms with Crippen LogP contribution in [0, 0.1) is 18.8 Å². The van der Waals surface area contributed by atoms with Gasteiger partial charge in [-0.1, -0.05) is 0 Å². The Labute approximate surface area is 167 Å². The number of hydrogen-bond acceptors (Lipinski definition) is 7. The number of nitrogens with two attached hydrogens (primary N) is 2. The van der Waals surface area contributed by atoms with Gasteiger partial charge in [0.25, 0.3) is 0 Å². The fourth-order valence-electron chi connectivity index (χ4n) is 4.39. The monoisotopic (exact) mass is 406 g/mol. The fraction of sp³-hybridized carbons (Fsp3) is 0.632. The van der Waals surface area contributed by atoms with E-state index < -0.39 is 17.2 Å². The van der Waals surface area contributed by atoms with Gasteiger partial charge in [0.1, 0.15) is 0 Å². The lowest BCUT2D eigenvalue weighted by Gasteiger charge is -2.26. The van der Waals surface area contributed by atoms with Crippen molar-refractivity contribution in [3.05, 3.63) is 32.3 Å². The number of halogens is 1. The van der Waals surface area contributed by atoms with Crippen molar-refractivity contribution in [1.82, 2.24) is 14.2 Å². The topological polar surface area (TPSA) is 121 Å². The molecule has 0 aromatic carbocycles. The molecule has 2 aromatic rings. The molecule has 0 radical (unpaired) electrons. The van der Waals surface area contributed by atoms with Crippen molar-refractivity contribution in [2.75, 3.05) is 30.9 Å². The van der Waals surface area contributed by atoms with E-state index in [0.29, 0.717) is 34.5 Å². The Balaban J connectivity index is 1.83. The average molecular weight is 406 g/mol. The van der Waals surface area contributed by atoms with Gasteiger partial charge in [0.05, 0.1) is 17.3 Å². The first-order valence-electron chi connectivity index (χ1n) is 9.92. The Bertz CT molecular complexity index is 1080. The van der Waals surface area contributed by atoms with Crippen LogP contribution in [0.2, 0.25) is 0 Å². The maximum absolute atomic E-state index is 15.1. The van der Waals surface area contributed by atoms with E-state index in [0.717, 1.165) is 19.3 Å². The molecule has 3 atom stereocenters. The summed E-state index contributed by atoms with van der Waals surface area (Å²) in [6.07, 6.45) is 2.32. The Hall–Kier alpha value is -2.46. The molecule has 4 N–H and O–H groups in total. The van der Waals surface area contributed by atoms with E-state index in [1.807, 2.05) is 11.8 Å². The summed E-state index contributed by atoms with van der Waals surface area (Å²) >= 11 is 0. The van der Waals surface area contributed by atoms with Crippen LogP contribution in [0.1, 0.15) is 37.8 Å². The third kappa shape index (κ3) is 3.10. The minimum Gasteiger partial charge on any atom is -0.380 e. The van der Waals surface area contributed by atoms with E-state index in [9.17, 15) is 9.59 Å². The molecular formula is C19H27FN6O3. The number of fused-ring (bicyclic) bond motifs is 1. The highest BCUT2D eigenvalue weighted by molar-refractivity contribution is 5.83. The summed E-state index contributed by atoms with van der Waals surface area (Å²) in [5, 5.41) is 0. The molecule has 2 aromatic heterocycles. The maximum Gasteiger partial charge on any atom is 0.350 e. The molecule has 1 saturated carbocycles.